The van der Waals surface area contributed by atoms with Crippen LogP contribution in [0.15, 0.2) is 61.4 Å². The van der Waals surface area contributed by atoms with Crippen LogP contribution in [0.3, 0.4) is 0 Å². The van der Waals surface area contributed by atoms with Crippen molar-refractivity contribution in [2.75, 3.05) is 0 Å². The average Bonchev–Trinajstić information content (AvgIpc) is 3.60. The van der Waals surface area contributed by atoms with Gasteiger partial charge in [-0.25, -0.2) is 39.9 Å². The smallest absolute Gasteiger partial charge is 0.169 e. The first kappa shape index (κ1) is 33.5. The molecule has 0 atom stereocenters. The largest absolute Gasteiger partial charge is 0.267 e. The van der Waals surface area contributed by atoms with E-state index in [1.165, 1.54) is 77.0 Å². The lowest BCUT2D eigenvalue weighted by Crippen LogP contribution is -2.23. The van der Waals surface area contributed by atoms with Gasteiger partial charge in [-0.3, -0.25) is 9.13 Å². The van der Waals surface area contributed by atoms with Gasteiger partial charge in [0.1, 0.15) is 47.0 Å². The summed E-state index contributed by atoms with van der Waals surface area (Å²) in [5.41, 5.74) is 4.92. The predicted molar refractivity (Wildman–Crippen MR) is 200 cm³/mol. The molecule has 10 nitrogen and oxygen atoms in total. The third kappa shape index (κ3) is 6.89. The Labute approximate surface area is 300 Å². The van der Waals surface area contributed by atoms with Crippen molar-refractivity contribution in [1.82, 2.24) is 49.0 Å². The lowest BCUT2D eigenvalue weighted by atomic mass is 9.79. The number of rotatable bonds is 8. The molecule has 6 aromatic rings. The Hall–Kier alpha value is -4.60. The molecule has 0 amide bonds. The van der Waals surface area contributed by atoms with Gasteiger partial charge in [0, 0.05) is 18.3 Å². The van der Waals surface area contributed by atoms with Crippen molar-refractivity contribution in [3.05, 3.63) is 84.5 Å². The molecule has 6 heterocycles. The van der Waals surface area contributed by atoms with Crippen molar-refractivity contribution < 1.29 is 0 Å². The molecule has 0 spiro atoms. The molecule has 2 aliphatic rings. The summed E-state index contributed by atoms with van der Waals surface area (Å²) in [6.45, 7) is 9.15. The van der Waals surface area contributed by atoms with Crippen LogP contribution < -0.4 is 0 Å². The van der Waals surface area contributed by atoms with Crippen LogP contribution in [0.1, 0.15) is 128 Å². The van der Waals surface area contributed by atoms with Gasteiger partial charge in [-0.2, -0.15) is 0 Å². The molecule has 2 fully saturated rings. The second-order valence-corrected chi connectivity index (χ2v) is 16.4. The van der Waals surface area contributed by atoms with Crippen molar-refractivity contribution in [3.8, 4) is 11.6 Å². The summed E-state index contributed by atoms with van der Waals surface area (Å²) in [5, 5.41) is 0. The number of fused-ring (bicyclic) bond motifs is 2. The first-order chi connectivity index (χ1) is 24.7. The Morgan fingerprint density at radius 2 is 0.961 bits per heavy atom. The summed E-state index contributed by atoms with van der Waals surface area (Å²) in [6.07, 6.45) is 24.5. The molecule has 51 heavy (non-hydrogen) atoms. The van der Waals surface area contributed by atoms with E-state index in [0.717, 1.165) is 69.8 Å². The molecule has 0 N–H and O–H groups in total. The van der Waals surface area contributed by atoms with E-state index in [0.29, 0.717) is 0 Å². The fraction of sp³-hybridized carbons (Fsp3) is 0.512. The predicted octanol–water partition coefficient (Wildman–Crippen LogP) is 8.87. The number of imidazole rings is 2. The van der Waals surface area contributed by atoms with Gasteiger partial charge in [0.2, 0.25) is 0 Å². The normalized spacial score (nSPS) is 18.1. The Balaban J connectivity index is 1.08. The zero-order valence-electron chi connectivity index (χ0n) is 30.6. The monoisotopic (exact) mass is 682 g/mol. The molecule has 0 bridgehead atoms. The van der Waals surface area contributed by atoms with Gasteiger partial charge in [-0.15, -0.1) is 0 Å². The Kier molecular flexibility index (Phi) is 8.88. The highest BCUT2D eigenvalue weighted by Gasteiger charge is 2.30. The van der Waals surface area contributed by atoms with Gasteiger partial charge in [0.15, 0.2) is 11.3 Å². The van der Waals surface area contributed by atoms with E-state index in [1.807, 2.05) is 46.3 Å². The molecule has 2 aliphatic carbocycles. The van der Waals surface area contributed by atoms with Crippen molar-refractivity contribution in [3.63, 3.8) is 0 Å². The second kappa shape index (κ2) is 13.5. The van der Waals surface area contributed by atoms with E-state index >= 15 is 0 Å². The van der Waals surface area contributed by atoms with Gasteiger partial charge in [-0.05, 0) is 74.6 Å². The molecule has 0 radical (unpaired) electrons. The molecule has 0 saturated heterocycles. The van der Waals surface area contributed by atoms with E-state index in [9.17, 15) is 0 Å². The van der Waals surface area contributed by atoms with Gasteiger partial charge in [0.05, 0.1) is 23.8 Å². The van der Waals surface area contributed by atoms with Crippen LogP contribution in [0.4, 0.5) is 0 Å². The number of aromatic nitrogens is 10. The number of nitrogens with zero attached hydrogens (tertiary/aromatic N) is 10. The zero-order valence-corrected chi connectivity index (χ0v) is 30.6. The summed E-state index contributed by atoms with van der Waals surface area (Å²) >= 11 is 0. The maximum Gasteiger partial charge on any atom is 0.169 e. The van der Waals surface area contributed by atoms with Crippen LogP contribution in [0, 0.1) is 10.8 Å². The van der Waals surface area contributed by atoms with Crippen molar-refractivity contribution >= 4 is 22.3 Å². The van der Waals surface area contributed by atoms with Gasteiger partial charge < -0.3 is 0 Å². The quantitative estimate of drug-likeness (QED) is 0.146. The second-order valence-electron chi connectivity index (χ2n) is 16.4. The third-order valence-electron chi connectivity index (χ3n) is 11.7. The van der Waals surface area contributed by atoms with Gasteiger partial charge >= 0.3 is 0 Å². The number of pyridine rings is 2. The summed E-state index contributed by atoms with van der Waals surface area (Å²) in [5.74, 6) is 3.32. The molecule has 2 saturated carbocycles. The molecule has 0 unspecified atom stereocenters. The van der Waals surface area contributed by atoms with Crippen LogP contribution in [0.5, 0.6) is 0 Å². The summed E-state index contributed by atoms with van der Waals surface area (Å²) < 4.78 is 3.98. The summed E-state index contributed by atoms with van der Waals surface area (Å²) in [7, 11) is 0. The van der Waals surface area contributed by atoms with Crippen LogP contribution in [-0.4, -0.2) is 49.0 Å². The fourth-order valence-electron chi connectivity index (χ4n) is 8.42. The Morgan fingerprint density at radius 3 is 1.37 bits per heavy atom. The molecule has 6 aromatic heterocycles. The molecule has 0 aliphatic heterocycles. The Morgan fingerprint density at radius 1 is 0.549 bits per heavy atom. The van der Waals surface area contributed by atoms with E-state index in [2.05, 4.69) is 61.9 Å². The van der Waals surface area contributed by atoms with Crippen molar-refractivity contribution in [2.24, 2.45) is 10.8 Å². The van der Waals surface area contributed by atoms with Crippen LogP contribution in [-0.2, 0) is 18.3 Å². The highest BCUT2D eigenvalue weighted by atomic mass is 15.2. The van der Waals surface area contributed by atoms with Crippen LogP contribution in [0.25, 0.3) is 34.0 Å². The van der Waals surface area contributed by atoms with Gasteiger partial charge in [0.25, 0.3) is 0 Å². The van der Waals surface area contributed by atoms with E-state index in [1.54, 1.807) is 0 Å². The minimum Gasteiger partial charge on any atom is -0.267 e. The number of hydrogen-bond acceptors (Lipinski definition) is 8. The highest BCUT2D eigenvalue weighted by molar-refractivity contribution is 5.72. The van der Waals surface area contributed by atoms with Crippen molar-refractivity contribution in [2.45, 2.75) is 123 Å². The standard InChI is InChI=1S/C41H50N10/c1-39(2,31-15-13-17-35(46-31)50-27-44-29-25-42-33(48-37(29)50)23-40(3)19-9-5-6-10-20-40)32-16-14-18-36(47-32)51-28-45-30-26-43-34(49-38(30)51)24-41(4)21-11-7-8-12-22-41/h13-18,25-28H,5-12,19-24H2,1-4H3. The minimum atomic E-state index is -0.499. The van der Waals surface area contributed by atoms with E-state index < -0.39 is 5.41 Å². The molecule has 264 valence electrons. The van der Waals surface area contributed by atoms with Crippen LogP contribution >= 0.6 is 0 Å². The lowest BCUT2D eigenvalue weighted by molar-refractivity contribution is 0.269. The van der Waals surface area contributed by atoms with E-state index in [-0.39, 0.29) is 10.8 Å². The summed E-state index contributed by atoms with van der Waals surface area (Å²) in [4.78, 5) is 39.3. The average molecular weight is 683 g/mol. The van der Waals surface area contributed by atoms with E-state index in [4.69, 9.17) is 29.9 Å². The van der Waals surface area contributed by atoms with Crippen molar-refractivity contribution in [1.29, 1.82) is 0 Å². The SMILES string of the molecule is CC1(Cc2ncc3ncn(-c4cccc(C(C)(C)c5cccc(-n6cnc7cnc(CC8(C)CCCCCC8)nc76)n5)n4)c3n2)CCCCCC1. The molecular formula is C41H50N10. The fourth-order valence-corrected chi connectivity index (χ4v) is 8.42. The van der Waals surface area contributed by atoms with Crippen LogP contribution in [0.2, 0.25) is 0 Å². The molecule has 8 rings (SSSR count). The first-order valence-corrected chi connectivity index (χ1v) is 19.0. The molecular weight excluding hydrogens is 633 g/mol. The highest BCUT2D eigenvalue weighted by Crippen LogP contribution is 2.38. The lowest BCUT2D eigenvalue weighted by Gasteiger charge is -2.27. The zero-order chi connectivity index (χ0) is 35.1. The van der Waals surface area contributed by atoms with Gasteiger partial charge in [-0.1, -0.05) is 77.3 Å². The molecule has 0 aromatic carbocycles. The number of hydrogen-bond donors (Lipinski definition) is 0. The summed E-state index contributed by atoms with van der Waals surface area (Å²) in [6, 6.07) is 12.3. The third-order valence-corrected chi connectivity index (χ3v) is 11.7. The minimum absolute atomic E-state index is 0.240. The topological polar surface area (TPSA) is 113 Å². The maximum absolute atomic E-state index is 5.19. The Bertz CT molecular complexity index is 1990. The molecule has 10 heteroatoms. The first-order valence-electron chi connectivity index (χ1n) is 19.0. The maximum atomic E-state index is 5.19.